The summed E-state index contributed by atoms with van der Waals surface area (Å²) in [6, 6.07) is 30.0. The summed E-state index contributed by atoms with van der Waals surface area (Å²) in [5.74, 6) is 2.01. The van der Waals surface area contributed by atoms with Crippen molar-refractivity contribution in [2.24, 2.45) is 5.10 Å². The van der Waals surface area contributed by atoms with Gasteiger partial charge in [0.15, 0.2) is 6.29 Å². The van der Waals surface area contributed by atoms with Crippen LogP contribution in [0, 0.1) is 5.82 Å². The minimum Gasteiger partial charge on any atom is -0.493 e. The Labute approximate surface area is 340 Å². The SMILES string of the molecule is C=C(C)C(=O)OCCCOc1ccc(CCOC(O)c2ccc(-c3ccc(-c4ccc(CSCCC)cc4)c(F)c3)c(/C=N/Nc3nc4cccnc4s3)c2)cc1. The van der Waals surface area contributed by atoms with Gasteiger partial charge >= 0.3 is 5.97 Å². The van der Waals surface area contributed by atoms with Crippen LogP contribution < -0.4 is 10.2 Å². The lowest BCUT2D eigenvalue weighted by molar-refractivity contribution is -0.139. The number of thioether (sulfide) groups is 1. The Kier molecular flexibility index (Phi) is 15.0. The van der Waals surface area contributed by atoms with Crippen LogP contribution in [-0.4, -0.2) is 52.8 Å². The highest BCUT2D eigenvalue weighted by Crippen LogP contribution is 2.32. The lowest BCUT2D eigenvalue weighted by Crippen LogP contribution is -2.09. The molecule has 0 aliphatic carbocycles. The van der Waals surface area contributed by atoms with E-state index in [0.29, 0.717) is 58.2 Å². The average Bonchev–Trinajstić information content (AvgIpc) is 3.64. The van der Waals surface area contributed by atoms with Crippen molar-refractivity contribution >= 4 is 50.8 Å². The number of ether oxygens (including phenoxy) is 3. The number of aliphatic hydroxyl groups excluding tert-OH is 1. The number of nitrogens with zero attached hydrogens (tertiary/aromatic N) is 3. The van der Waals surface area contributed by atoms with Crippen molar-refractivity contribution in [3.8, 4) is 28.0 Å². The van der Waals surface area contributed by atoms with E-state index in [1.54, 1.807) is 37.5 Å². The second-order valence-corrected chi connectivity index (χ2v) is 15.3. The van der Waals surface area contributed by atoms with E-state index in [0.717, 1.165) is 45.0 Å². The van der Waals surface area contributed by atoms with E-state index in [9.17, 15) is 9.90 Å². The highest BCUT2D eigenvalue weighted by molar-refractivity contribution is 7.98. The second kappa shape index (κ2) is 20.7. The third-order valence-electron chi connectivity index (χ3n) is 8.78. The van der Waals surface area contributed by atoms with E-state index in [1.807, 2.05) is 72.4 Å². The minimum atomic E-state index is -1.21. The van der Waals surface area contributed by atoms with Gasteiger partial charge in [0.25, 0.3) is 0 Å². The Morgan fingerprint density at radius 1 is 0.982 bits per heavy atom. The molecule has 4 aromatic carbocycles. The molecule has 6 aromatic rings. The predicted molar refractivity (Wildman–Crippen MR) is 229 cm³/mol. The first-order valence-corrected chi connectivity index (χ1v) is 20.7. The first kappa shape index (κ1) is 41.2. The predicted octanol–water partition coefficient (Wildman–Crippen LogP) is 10.4. The summed E-state index contributed by atoms with van der Waals surface area (Å²) in [6.07, 6.45) is 4.40. The Bertz CT molecular complexity index is 2260. The topological polar surface area (TPSA) is 115 Å². The highest BCUT2D eigenvalue weighted by atomic mass is 32.2. The molecule has 0 bridgehead atoms. The first-order chi connectivity index (χ1) is 27.8. The number of aromatic nitrogens is 2. The van der Waals surface area contributed by atoms with Crippen LogP contribution in [0.25, 0.3) is 32.6 Å². The average molecular weight is 805 g/mol. The van der Waals surface area contributed by atoms with Gasteiger partial charge in [-0.1, -0.05) is 85.5 Å². The van der Waals surface area contributed by atoms with Gasteiger partial charge in [0.1, 0.15) is 21.9 Å². The fourth-order valence-corrected chi connectivity index (χ4v) is 7.40. The Morgan fingerprint density at radius 3 is 2.51 bits per heavy atom. The van der Waals surface area contributed by atoms with Crippen molar-refractivity contribution in [1.29, 1.82) is 0 Å². The van der Waals surface area contributed by atoms with Crippen LogP contribution in [0.2, 0.25) is 0 Å². The van der Waals surface area contributed by atoms with Crippen LogP contribution in [0.3, 0.4) is 0 Å². The zero-order valence-electron chi connectivity index (χ0n) is 31.9. The molecule has 0 saturated carbocycles. The molecular formula is C45H45FN4O5S2. The molecule has 0 spiro atoms. The number of benzene rings is 4. The third-order valence-corrected chi connectivity index (χ3v) is 10.9. The summed E-state index contributed by atoms with van der Waals surface area (Å²) in [6.45, 7) is 8.28. The van der Waals surface area contributed by atoms with E-state index in [-0.39, 0.29) is 19.0 Å². The molecule has 2 heterocycles. The Morgan fingerprint density at radius 2 is 1.75 bits per heavy atom. The molecule has 57 heavy (non-hydrogen) atoms. The minimum absolute atomic E-state index is 0.263. The zero-order chi connectivity index (χ0) is 40.0. The third kappa shape index (κ3) is 11.8. The lowest BCUT2D eigenvalue weighted by atomic mass is 9.95. The van der Waals surface area contributed by atoms with E-state index in [2.05, 4.69) is 46.1 Å². The molecule has 0 saturated heterocycles. The molecule has 2 N–H and O–H groups in total. The van der Waals surface area contributed by atoms with Crippen molar-refractivity contribution in [3.05, 3.63) is 143 Å². The number of hydrogen-bond donors (Lipinski definition) is 2. The van der Waals surface area contributed by atoms with Crippen LogP contribution in [-0.2, 0) is 26.4 Å². The van der Waals surface area contributed by atoms with Gasteiger partial charge in [-0.15, -0.1) is 0 Å². The molecule has 0 aliphatic rings. The van der Waals surface area contributed by atoms with Crippen LogP contribution in [0.15, 0.2) is 121 Å². The number of fused-ring (bicyclic) bond motifs is 1. The van der Waals surface area contributed by atoms with Crippen molar-refractivity contribution in [2.45, 2.75) is 45.2 Å². The molecule has 2 aromatic heterocycles. The van der Waals surface area contributed by atoms with Gasteiger partial charge in [-0.2, -0.15) is 16.9 Å². The number of hydrazone groups is 1. The van der Waals surface area contributed by atoms with Gasteiger partial charge in [0.05, 0.1) is 26.0 Å². The molecule has 1 unspecified atom stereocenters. The number of anilines is 1. The van der Waals surface area contributed by atoms with Gasteiger partial charge < -0.3 is 19.3 Å². The summed E-state index contributed by atoms with van der Waals surface area (Å²) >= 11 is 3.27. The molecule has 12 heteroatoms. The van der Waals surface area contributed by atoms with E-state index < -0.39 is 12.3 Å². The maximum absolute atomic E-state index is 15.8. The number of thiazole rings is 1. The van der Waals surface area contributed by atoms with E-state index in [4.69, 9.17) is 14.2 Å². The van der Waals surface area contributed by atoms with E-state index >= 15 is 4.39 Å². The van der Waals surface area contributed by atoms with Gasteiger partial charge in [-0.25, -0.2) is 19.2 Å². The number of rotatable bonds is 20. The van der Waals surface area contributed by atoms with Crippen LogP contribution in [0.4, 0.5) is 9.52 Å². The Balaban J connectivity index is 1.12. The van der Waals surface area contributed by atoms with Gasteiger partial charge in [-0.3, -0.25) is 5.43 Å². The second-order valence-electron chi connectivity index (χ2n) is 13.2. The zero-order valence-corrected chi connectivity index (χ0v) is 33.6. The van der Waals surface area contributed by atoms with Crippen molar-refractivity contribution < 1.29 is 28.5 Å². The quantitative estimate of drug-likeness (QED) is 0.0194. The standard InChI is InChI=1S/C45H45FN4O5S2/c1-4-25-56-29-32-8-12-33(13-9-32)39-19-14-34(27-40(39)46)38-18-15-35(26-36(38)28-48-50-45-49-41-7-5-21-47-42(41)57-45)44(52)55-24-20-31-10-16-37(17-11-31)53-22-6-23-54-43(51)30(2)3/h5,7-19,21,26-28,44,52H,2,4,6,20,22-25,29H2,1,3H3,(H,49,50)/b48-28+. The number of pyridine rings is 1. The largest absolute Gasteiger partial charge is 0.493 e. The number of esters is 1. The summed E-state index contributed by atoms with van der Waals surface area (Å²) in [4.78, 5) is 21.2. The van der Waals surface area contributed by atoms with Gasteiger partial charge in [-0.05, 0) is 89.7 Å². The summed E-state index contributed by atoms with van der Waals surface area (Å²) in [7, 11) is 0. The number of aliphatic hydroxyl groups is 1. The highest BCUT2D eigenvalue weighted by Gasteiger charge is 2.15. The van der Waals surface area contributed by atoms with E-state index in [1.165, 1.54) is 23.0 Å². The van der Waals surface area contributed by atoms with Crippen LogP contribution in [0.1, 0.15) is 55.2 Å². The number of carbonyl (C=O) groups excluding carboxylic acids is 1. The van der Waals surface area contributed by atoms with Gasteiger partial charge in [0.2, 0.25) is 5.13 Å². The molecule has 0 aliphatic heterocycles. The fourth-order valence-electron chi connectivity index (χ4n) is 5.78. The number of carbonyl (C=O) groups is 1. The summed E-state index contributed by atoms with van der Waals surface area (Å²) < 4.78 is 32.5. The molecule has 0 amide bonds. The Hall–Kier alpha value is -5.40. The molecule has 0 radical (unpaired) electrons. The number of hydrogen-bond acceptors (Lipinski definition) is 11. The van der Waals surface area contributed by atoms with Crippen molar-refractivity contribution in [3.63, 3.8) is 0 Å². The smallest absolute Gasteiger partial charge is 0.333 e. The van der Waals surface area contributed by atoms with Crippen molar-refractivity contribution in [1.82, 2.24) is 9.97 Å². The van der Waals surface area contributed by atoms with Crippen LogP contribution in [0.5, 0.6) is 5.75 Å². The molecule has 0 fully saturated rings. The maximum Gasteiger partial charge on any atom is 0.333 e. The van der Waals surface area contributed by atoms with Crippen molar-refractivity contribution in [2.75, 3.05) is 31.0 Å². The van der Waals surface area contributed by atoms with Gasteiger partial charge in [0, 0.05) is 40.6 Å². The monoisotopic (exact) mass is 804 g/mol. The summed E-state index contributed by atoms with van der Waals surface area (Å²) in [5.41, 5.74) is 10.3. The number of halogens is 1. The first-order valence-electron chi connectivity index (χ1n) is 18.7. The van der Waals surface area contributed by atoms with Crippen LogP contribution >= 0.6 is 23.1 Å². The molecule has 294 valence electrons. The molecular weight excluding hydrogens is 760 g/mol. The normalized spacial score (nSPS) is 11.9. The molecule has 6 rings (SSSR count). The molecule has 1 atom stereocenters. The summed E-state index contributed by atoms with van der Waals surface area (Å²) in [5, 5.41) is 16.1. The number of nitrogens with one attached hydrogen (secondary N) is 1. The lowest BCUT2D eigenvalue weighted by Gasteiger charge is -2.16. The molecule has 9 nitrogen and oxygen atoms in total. The fraction of sp³-hybridized carbons (Fsp3) is 0.244. The maximum atomic E-state index is 15.8.